The van der Waals surface area contributed by atoms with Crippen LogP contribution in [0.1, 0.15) is 24.6 Å². The van der Waals surface area contributed by atoms with E-state index in [1.807, 2.05) is 0 Å². The van der Waals surface area contributed by atoms with E-state index in [0.29, 0.717) is 34.4 Å². The Morgan fingerprint density at radius 3 is 2.64 bits per heavy atom. The van der Waals surface area contributed by atoms with E-state index in [2.05, 4.69) is 5.10 Å². The summed E-state index contributed by atoms with van der Waals surface area (Å²) in [5, 5.41) is 14.2. The van der Waals surface area contributed by atoms with Gasteiger partial charge >= 0.3 is 5.97 Å². The topological polar surface area (TPSA) is 60.0 Å². The highest BCUT2D eigenvalue weighted by Gasteiger charge is 2.18. The van der Waals surface area contributed by atoms with Crippen LogP contribution in [0.3, 0.4) is 0 Å². The summed E-state index contributed by atoms with van der Waals surface area (Å²) in [4.78, 5) is 11.4. The molecule has 0 aliphatic heterocycles. The lowest BCUT2D eigenvalue weighted by Crippen LogP contribution is -2.04. The lowest BCUT2D eigenvalue weighted by Gasteiger charge is -2.09. The Kier molecular flexibility index (Phi) is 4.16. The van der Waals surface area contributed by atoms with Gasteiger partial charge in [-0.05, 0) is 31.6 Å². The van der Waals surface area contributed by atoms with Crippen LogP contribution in [0.25, 0.3) is 22.8 Å². The highest BCUT2D eigenvalue weighted by Crippen LogP contribution is 2.28. The van der Waals surface area contributed by atoms with Crippen molar-refractivity contribution in [1.82, 2.24) is 14.3 Å². The van der Waals surface area contributed by atoms with E-state index >= 15 is 0 Å². The normalized spacial score (nSPS) is 12.1. The molecule has 25 heavy (non-hydrogen) atoms. The summed E-state index contributed by atoms with van der Waals surface area (Å²) in [6, 6.07) is 3.93. The first-order valence-corrected chi connectivity index (χ1v) is 7.77. The molecular weight excluding hydrogens is 328 g/mol. The summed E-state index contributed by atoms with van der Waals surface area (Å²) in [5.41, 5.74) is 1.99. The fourth-order valence-electron chi connectivity index (χ4n) is 2.92. The lowest BCUT2D eigenvalue weighted by molar-refractivity contribution is -0.132. The Morgan fingerprint density at radius 1 is 1.32 bits per heavy atom. The van der Waals surface area contributed by atoms with Crippen LogP contribution in [-0.4, -0.2) is 25.4 Å². The fourth-order valence-corrected chi connectivity index (χ4v) is 2.92. The van der Waals surface area contributed by atoms with Crippen molar-refractivity contribution in [2.75, 3.05) is 0 Å². The van der Waals surface area contributed by atoms with Gasteiger partial charge in [0, 0.05) is 35.8 Å². The number of aliphatic carboxylic acids is 1. The van der Waals surface area contributed by atoms with E-state index < -0.39 is 17.6 Å². The summed E-state index contributed by atoms with van der Waals surface area (Å²) < 4.78 is 30.4. The Labute approximate surface area is 142 Å². The molecule has 0 saturated heterocycles. The number of aryl methyl sites for hydroxylation is 2. The molecule has 0 atom stereocenters. The summed E-state index contributed by atoms with van der Waals surface area (Å²) in [7, 11) is 1.72. The molecule has 5 nitrogen and oxygen atoms in total. The molecule has 0 aliphatic carbocycles. The van der Waals surface area contributed by atoms with E-state index in [1.165, 1.54) is 0 Å². The molecule has 2 heterocycles. The quantitative estimate of drug-likeness (QED) is 0.731. The predicted octanol–water partition coefficient (Wildman–Crippen LogP) is 3.83. The molecule has 0 radical (unpaired) electrons. The van der Waals surface area contributed by atoms with Crippen molar-refractivity contribution in [3.63, 3.8) is 0 Å². The van der Waals surface area contributed by atoms with Gasteiger partial charge in [0.25, 0.3) is 0 Å². The summed E-state index contributed by atoms with van der Waals surface area (Å²) in [6.45, 7) is 3.53. The van der Waals surface area contributed by atoms with Crippen LogP contribution < -0.4 is 0 Å². The molecule has 0 bridgehead atoms. The molecule has 0 saturated carbocycles. The molecule has 2 aromatic heterocycles. The molecule has 0 amide bonds. The van der Waals surface area contributed by atoms with Crippen LogP contribution in [0.15, 0.2) is 30.0 Å². The first-order valence-electron chi connectivity index (χ1n) is 7.77. The van der Waals surface area contributed by atoms with Crippen molar-refractivity contribution in [2.45, 2.75) is 20.3 Å². The van der Waals surface area contributed by atoms with Crippen molar-refractivity contribution < 1.29 is 18.7 Å². The Morgan fingerprint density at radius 2 is 2.00 bits per heavy atom. The number of hydrogen-bond donors (Lipinski definition) is 1. The second kappa shape index (κ2) is 6.16. The van der Waals surface area contributed by atoms with Gasteiger partial charge in [0.15, 0.2) is 11.6 Å². The Balaban J connectivity index is 2.29. The predicted molar refractivity (Wildman–Crippen MR) is 90.6 cm³/mol. The third-order valence-corrected chi connectivity index (χ3v) is 4.17. The number of benzene rings is 1. The maximum atomic E-state index is 13.7. The fraction of sp³-hybridized carbons (Fsp3) is 0.222. The molecule has 0 unspecified atom stereocenters. The molecule has 3 rings (SSSR count). The molecule has 130 valence electrons. The standard InChI is InChI=1S/C18H17F2N3O2/c1-4-11(18(24)25)7-13-10(2)21-22(3)17(13)23-6-5-12-8-14(19)15(20)9-16(12)23/h5-9H,4H2,1-3H3,(H,24,25). The molecule has 0 spiro atoms. The zero-order valence-electron chi connectivity index (χ0n) is 14.0. The van der Waals surface area contributed by atoms with Crippen LogP contribution >= 0.6 is 0 Å². The highest BCUT2D eigenvalue weighted by atomic mass is 19.2. The molecule has 1 N–H and O–H groups in total. The van der Waals surface area contributed by atoms with Crippen molar-refractivity contribution in [1.29, 1.82) is 0 Å². The molecule has 0 aliphatic rings. The third kappa shape index (κ3) is 2.82. The number of hydrogen-bond acceptors (Lipinski definition) is 2. The van der Waals surface area contributed by atoms with Gasteiger partial charge in [0.1, 0.15) is 5.82 Å². The first-order chi connectivity index (χ1) is 11.8. The monoisotopic (exact) mass is 345 g/mol. The van der Waals surface area contributed by atoms with E-state index in [1.54, 1.807) is 48.5 Å². The van der Waals surface area contributed by atoms with Crippen LogP contribution in [0.4, 0.5) is 8.78 Å². The lowest BCUT2D eigenvalue weighted by atomic mass is 10.1. The minimum absolute atomic E-state index is 0.242. The average molecular weight is 345 g/mol. The van der Waals surface area contributed by atoms with Crippen LogP contribution in [0.2, 0.25) is 0 Å². The summed E-state index contributed by atoms with van der Waals surface area (Å²) >= 11 is 0. The second-order valence-corrected chi connectivity index (χ2v) is 5.79. The molecule has 0 fully saturated rings. The van der Waals surface area contributed by atoms with Gasteiger partial charge < -0.3 is 9.67 Å². The summed E-state index contributed by atoms with van der Waals surface area (Å²) in [5.74, 6) is -2.26. The number of carboxylic acids is 1. The number of aromatic nitrogens is 3. The molecule has 3 aromatic rings. The van der Waals surface area contributed by atoms with E-state index in [0.717, 1.165) is 12.1 Å². The number of halogens is 2. The number of rotatable bonds is 4. The van der Waals surface area contributed by atoms with Crippen molar-refractivity contribution in [2.24, 2.45) is 7.05 Å². The maximum absolute atomic E-state index is 13.7. The number of fused-ring (bicyclic) bond motifs is 1. The van der Waals surface area contributed by atoms with Gasteiger partial charge in [0.2, 0.25) is 0 Å². The van der Waals surface area contributed by atoms with E-state index in [9.17, 15) is 18.7 Å². The molecular formula is C18H17F2N3O2. The average Bonchev–Trinajstić information content (AvgIpc) is 3.05. The molecule has 7 heteroatoms. The van der Waals surface area contributed by atoms with Gasteiger partial charge in [-0.25, -0.2) is 13.6 Å². The largest absolute Gasteiger partial charge is 0.478 e. The van der Waals surface area contributed by atoms with Crippen molar-refractivity contribution in [3.05, 3.63) is 52.9 Å². The van der Waals surface area contributed by atoms with E-state index in [-0.39, 0.29) is 5.57 Å². The van der Waals surface area contributed by atoms with Gasteiger partial charge in [-0.2, -0.15) is 5.10 Å². The highest BCUT2D eigenvalue weighted by molar-refractivity contribution is 5.93. The minimum Gasteiger partial charge on any atom is -0.478 e. The van der Waals surface area contributed by atoms with Gasteiger partial charge in [-0.1, -0.05) is 6.92 Å². The smallest absolute Gasteiger partial charge is 0.331 e. The third-order valence-electron chi connectivity index (χ3n) is 4.17. The summed E-state index contributed by atoms with van der Waals surface area (Å²) in [6.07, 6.45) is 3.62. The van der Waals surface area contributed by atoms with Gasteiger partial charge in [0.05, 0.1) is 11.2 Å². The van der Waals surface area contributed by atoms with Crippen molar-refractivity contribution >= 4 is 22.9 Å². The number of nitrogens with zero attached hydrogens (tertiary/aromatic N) is 3. The number of carboxylic acid groups (broad SMARTS) is 1. The van der Waals surface area contributed by atoms with Gasteiger partial charge in [-0.15, -0.1) is 0 Å². The van der Waals surface area contributed by atoms with Gasteiger partial charge in [-0.3, -0.25) is 4.68 Å². The zero-order chi connectivity index (χ0) is 18.3. The van der Waals surface area contributed by atoms with Crippen molar-refractivity contribution in [3.8, 4) is 5.82 Å². The Hall–Kier alpha value is -2.96. The SMILES string of the molecule is CCC(=Cc1c(C)nn(C)c1-n1ccc2cc(F)c(F)cc21)C(=O)O. The minimum atomic E-state index is -0.998. The maximum Gasteiger partial charge on any atom is 0.331 e. The van der Waals surface area contributed by atoms with E-state index in [4.69, 9.17) is 0 Å². The first kappa shape index (κ1) is 16.9. The number of carbonyl (C=O) groups is 1. The van der Waals surface area contributed by atoms with Crippen LogP contribution in [0, 0.1) is 18.6 Å². The Bertz CT molecular complexity index is 1020. The zero-order valence-corrected chi connectivity index (χ0v) is 14.0. The second-order valence-electron chi connectivity index (χ2n) is 5.79. The van der Waals surface area contributed by atoms with Crippen LogP contribution in [0.5, 0.6) is 0 Å². The van der Waals surface area contributed by atoms with Crippen LogP contribution in [-0.2, 0) is 11.8 Å². The molecule has 1 aromatic carbocycles.